The SMILES string of the molecule is Cc1cc(Cl)ccc1OCC(=O)N(C)Cc1cnn(-c2ccccc2)c1. The lowest BCUT2D eigenvalue weighted by atomic mass is 10.2. The molecule has 0 bridgehead atoms. The minimum atomic E-state index is -0.105. The van der Waals surface area contributed by atoms with Crippen molar-refractivity contribution in [3.63, 3.8) is 0 Å². The van der Waals surface area contributed by atoms with Gasteiger partial charge in [-0.3, -0.25) is 4.79 Å². The van der Waals surface area contributed by atoms with Crippen LogP contribution in [0.25, 0.3) is 5.69 Å². The van der Waals surface area contributed by atoms with Gasteiger partial charge in [0.25, 0.3) is 5.91 Å². The summed E-state index contributed by atoms with van der Waals surface area (Å²) in [6.07, 6.45) is 3.68. The van der Waals surface area contributed by atoms with Crippen molar-refractivity contribution >= 4 is 17.5 Å². The molecule has 0 saturated heterocycles. The van der Waals surface area contributed by atoms with Gasteiger partial charge in [0.05, 0.1) is 11.9 Å². The average Bonchev–Trinajstić information content (AvgIpc) is 3.10. The van der Waals surface area contributed by atoms with Crippen LogP contribution in [0.1, 0.15) is 11.1 Å². The molecule has 134 valence electrons. The summed E-state index contributed by atoms with van der Waals surface area (Å²) in [5.41, 5.74) is 2.83. The number of halogens is 1. The van der Waals surface area contributed by atoms with Crippen LogP contribution < -0.4 is 4.74 Å². The highest BCUT2D eigenvalue weighted by Gasteiger charge is 2.12. The van der Waals surface area contributed by atoms with Crippen molar-refractivity contribution in [2.75, 3.05) is 13.7 Å². The van der Waals surface area contributed by atoms with Crippen LogP contribution in [-0.2, 0) is 11.3 Å². The third kappa shape index (κ3) is 4.43. The van der Waals surface area contributed by atoms with Gasteiger partial charge < -0.3 is 9.64 Å². The van der Waals surface area contributed by atoms with E-state index in [9.17, 15) is 4.79 Å². The molecule has 0 aliphatic rings. The molecule has 0 aliphatic carbocycles. The van der Waals surface area contributed by atoms with E-state index in [1.807, 2.05) is 49.5 Å². The maximum Gasteiger partial charge on any atom is 0.260 e. The van der Waals surface area contributed by atoms with Gasteiger partial charge in [-0.1, -0.05) is 29.8 Å². The standard InChI is InChI=1S/C20H20ClN3O2/c1-15-10-17(21)8-9-19(15)26-14-20(25)23(2)12-16-11-22-24(13-16)18-6-4-3-5-7-18/h3-11,13H,12,14H2,1-2H3. The molecule has 6 heteroatoms. The van der Waals surface area contributed by atoms with Crippen LogP contribution in [0.4, 0.5) is 0 Å². The predicted molar refractivity (Wildman–Crippen MR) is 102 cm³/mol. The second-order valence-electron chi connectivity index (χ2n) is 6.08. The Kier molecular flexibility index (Phi) is 5.58. The first kappa shape index (κ1) is 18.0. The molecule has 5 nitrogen and oxygen atoms in total. The van der Waals surface area contributed by atoms with Crippen LogP contribution in [0, 0.1) is 6.92 Å². The first-order valence-electron chi connectivity index (χ1n) is 8.25. The second-order valence-corrected chi connectivity index (χ2v) is 6.51. The van der Waals surface area contributed by atoms with E-state index in [1.54, 1.807) is 35.0 Å². The van der Waals surface area contributed by atoms with Crippen molar-refractivity contribution in [3.05, 3.63) is 77.1 Å². The lowest BCUT2D eigenvalue weighted by molar-refractivity contribution is -0.132. The summed E-state index contributed by atoms with van der Waals surface area (Å²) >= 11 is 5.93. The lowest BCUT2D eigenvalue weighted by Gasteiger charge is -2.17. The molecule has 1 amide bonds. The molecule has 0 radical (unpaired) electrons. The summed E-state index contributed by atoms with van der Waals surface area (Å²) in [6.45, 7) is 2.34. The van der Waals surface area contributed by atoms with Gasteiger partial charge in [-0.05, 0) is 42.8 Å². The van der Waals surface area contributed by atoms with Crippen molar-refractivity contribution in [1.82, 2.24) is 14.7 Å². The van der Waals surface area contributed by atoms with Gasteiger partial charge in [-0.15, -0.1) is 0 Å². The summed E-state index contributed by atoms with van der Waals surface area (Å²) in [5.74, 6) is 0.555. The van der Waals surface area contributed by atoms with E-state index < -0.39 is 0 Å². The van der Waals surface area contributed by atoms with E-state index in [-0.39, 0.29) is 12.5 Å². The molecular formula is C20H20ClN3O2. The Balaban J connectivity index is 1.57. The van der Waals surface area contributed by atoms with Crippen LogP contribution in [0.5, 0.6) is 5.75 Å². The zero-order valence-electron chi connectivity index (χ0n) is 14.7. The van der Waals surface area contributed by atoms with Gasteiger partial charge in [0.2, 0.25) is 0 Å². The molecule has 26 heavy (non-hydrogen) atoms. The summed E-state index contributed by atoms with van der Waals surface area (Å²) < 4.78 is 7.41. The summed E-state index contributed by atoms with van der Waals surface area (Å²) in [6, 6.07) is 15.2. The van der Waals surface area contributed by atoms with E-state index in [0.717, 1.165) is 16.8 Å². The van der Waals surface area contributed by atoms with Gasteiger partial charge >= 0.3 is 0 Å². The van der Waals surface area contributed by atoms with Crippen molar-refractivity contribution < 1.29 is 9.53 Å². The number of rotatable bonds is 6. The van der Waals surface area contributed by atoms with Crippen molar-refractivity contribution in [1.29, 1.82) is 0 Å². The smallest absolute Gasteiger partial charge is 0.260 e. The lowest BCUT2D eigenvalue weighted by Crippen LogP contribution is -2.30. The molecule has 2 aromatic carbocycles. The minimum absolute atomic E-state index is 0.0220. The van der Waals surface area contributed by atoms with E-state index in [2.05, 4.69) is 5.10 Å². The molecule has 3 rings (SSSR count). The number of aromatic nitrogens is 2. The van der Waals surface area contributed by atoms with Crippen LogP contribution in [0.2, 0.25) is 5.02 Å². The number of benzene rings is 2. The maximum atomic E-state index is 12.3. The fourth-order valence-electron chi connectivity index (χ4n) is 2.55. The van der Waals surface area contributed by atoms with Gasteiger partial charge in [-0.2, -0.15) is 5.10 Å². The fourth-order valence-corrected chi connectivity index (χ4v) is 2.78. The normalized spacial score (nSPS) is 10.6. The van der Waals surface area contributed by atoms with E-state index in [4.69, 9.17) is 16.3 Å². The third-order valence-corrected chi connectivity index (χ3v) is 4.23. The largest absolute Gasteiger partial charge is 0.483 e. The molecule has 3 aromatic rings. The fraction of sp³-hybridized carbons (Fsp3) is 0.200. The first-order chi connectivity index (χ1) is 12.5. The van der Waals surface area contributed by atoms with Crippen LogP contribution in [0.15, 0.2) is 60.9 Å². The minimum Gasteiger partial charge on any atom is -0.483 e. The monoisotopic (exact) mass is 369 g/mol. The number of nitrogens with zero attached hydrogens (tertiary/aromatic N) is 3. The Morgan fingerprint density at radius 2 is 2.00 bits per heavy atom. The molecule has 0 aliphatic heterocycles. The van der Waals surface area contributed by atoms with Gasteiger partial charge in [0, 0.05) is 30.4 Å². The van der Waals surface area contributed by atoms with Crippen LogP contribution in [0.3, 0.4) is 0 Å². The summed E-state index contributed by atoms with van der Waals surface area (Å²) in [7, 11) is 1.75. The predicted octanol–water partition coefficient (Wildman–Crippen LogP) is 3.87. The van der Waals surface area contributed by atoms with Crippen LogP contribution >= 0.6 is 11.6 Å². The van der Waals surface area contributed by atoms with Crippen molar-refractivity contribution in [2.45, 2.75) is 13.5 Å². The highest BCUT2D eigenvalue weighted by Crippen LogP contribution is 2.21. The number of likely N-dealkylation sites (N-methyl/N-ethyl adjacent to an activating group) is 1. The molecule has 1 aromatic heterocycles. The third-order valence-electron chi connectivity index (χ3n) is 3.99. The van der Waals surface area contributed by atoms with Crippen molar-refractivity contribution in [3.8, 4) is 11.4 Å². The summed E-state index contributed by atoms with van der Waals surface area (Å²) in [4.78, 5) is 13.9. The molecule has 1 heterocycles. The molecule has 0 spiro atoms. The highest BCUT2D eigenvalue weighted by atomic mass is 35.5. The number of hydrogen-bond donors (Lipinski definition) is 0. The van der Waals surface area contributed by atoms with E-state index in [0.29, 0.717) is 17.3 Å². The Labute approximate surface area is 157 Å². The molecule has 0 fully saturated rings. The number of aryl methyl sites for hydroxylation is 1. The molecule has 0 unspecified atom stereocenters. The molecule has 0 atom stereocenters. The number of para-hydroxylation sites is 1. The first-order valence-corrected chi connectivity index (χ1v) is 8.62. The van der Waals surface area contributed by atoms with E-state index >= 15 is 0 Å². The zero-order chi connectivity index (χ0) is 18.5. The maximum absolute atomic E-state index is 12.3. The summed E-state index contributed by atoms with van der Waals surface area (Å²) in [5, 5.41) is 4.99. The highest BCUT2D eigenvalue weighted by molar-refractivity contribution is 6.30. The average molecular weight is 370 g/mol. The number of hydrogen-bond acceptors (Lipinski definition) is 3. The van der Waals surface area contributed by atoms with Gasteiger partial charge in [-0.25, -0.2) is 4.68 Å². The Morgan fingerprint density at radius 3 is 2.73 bits per heavy atom. The number of amides is 1. The quantitative estimate of drug-likeness (QED) is 0.662. The van der Waals surface area contributed by atoms with Crippen molar-refractivity contribution in [2.24, 2.45) is 0 Å². The number of ether oxygens (including phenoxy) is 1. The van der Waals surface area contributed by atoms with Crippen LogP contribution in [-0.4, -0.2) is 34.2 Å². The number of carbonyl (C=O) groups is 1. The Hall–Kier alpha value is -2.79. The Morgan fingerprint density at radius 1 is 1.23 bits per heavy atom. The number of carbonyl (C=O) groups excluding carboxylic acids is 1. The topological polar surface area (TPSA) is 47.4 Å². The zero-order valence-corrected chi connectivity index (χ0v) is 15.5. The Bertz CT molecular complexity index is 893. The van der Waals surface area contributed by atoms with E-state index in [1.165, 1.54) is 0 Å². The second kappa shape index (κ2) is 8.06. The molecule has 0 saturated carbocycles. The molecule has 0 N–H and O–H groups in total. The molecular weight excluding hydrogens is 350 g/mol. The van der Waals surface area contributed by atoms with Gasteiger partial charge in [0.15, 0.2) is 6.61 Å². The van der Waals surface area contributed by atoms with Gasteiger partial charge in [0.1, 0.15) is 5.75 Å².